The van der Waals surface area contributed by atoms with Crippen molar-refractivity contribution in [1.29, 1.82) is 0 Å². The van der Waals surface area contributed by atoms with Gasteiger partial charge in [0, 0.05) is 18.1 Å². The minimum absolute atomic E-state index is 0.760. The van der Waals surface area contributed by atoms with E-state index in [1.807, 2.05) is 18.2 Å². The summed E-state index contributed by atoms with van der Waals surface area (Å²) in [6.45, 7) is 4.26. The topological polar surface area (TPSA) is 29.3 Å². The standard InChI is InChI=1S/C13H19ClN2/c1-2-16(9-10-4-3-5-10)13-8-11(14)6-7-12(13)15/h6-8,10H,2-5,9,15H2,1H3. The highest BCUT2D eigenvalue weighted by Gasteiger charge is 2.21. The molecular formula is C13H19ClN2. The second kappa shape index (κ2) is 4.96. The monoisotopic (exact) mass is 238 g/mol. The van der Waals surface area contributed by atoms with Crippen LogP contribution in [-0.2, 0) is 0 Å². The van der Waals surface area contributed by atoms with Gasteiger partial charge in [-0.15, -0.1) is 0 Å². The van der Waals surface area contributed by atoms with Gasteiger partial charge in [0.25, 0.3) is 0 Å². The summed E-state index contributed by atoms with van der Waals surface area (Å²) >= 11 is 6.02. The predicted octanol–water partition coefficient (Wildman–Crippen LogP) is 3.55. The van der Waals surface area contributed by atoms with Gasteiger partial charge in [0.05, 0.1) is 11.4 Å². The van der Waals surface area contributed by atoms with E-state index in [1.54, 1.807) is 0 Å². The maximum absolute atomic E-state index is 6.02. The van der Waals surface area contributed by atoms with Gasteiger partial charge >= 0.3 is 0 Å². The van der Waals surface area contributed by atoms with Crippen LogP contribution in [0.4, 0.5) is 11.4 Å². The van der Waals surface area contributed by atoms with Gasteiger partial charge in [-0.05, 0) is 43.9 Å². The van der Waals surface area contributed by atoms with Crippen molar-refractivity contribution < 1.29 is 0 Å². The Morgan fingerprint density at radius 3 is 2.75 bits per heavy atom. The van der Waals surface area contributed by atoms with Crippen LogP contribution in [0.15, 0.2) is 18.2 Å². The third kappa shape index (κ3) is 2.43. The van der Waals surface area contributed by atoms with E-state index in [-0.39, 0.29) is 0 Å². The van der Waals surface area contributed by atoms with E-state index in [2.05, 4.69) is 11.8 Å². The van der Waals surface area contributed by atoms with Gasteiger partial charge in [0.1, 0.15) is 0 Å². The minimum atomic E-state index is 0.760. The first-order chi connectivity index (χ1) is 7.70. The van der Waals surface area contributed by atoms with Crippen LogP contribution in [0.5, 0.6) is 0 Å². The molecule has 0 unspecified atom stereocenters. The van der Waals surface area contributed by atoms with Crippen molar-refractivity contribution in [3.05, 3.63) is 23.2 Å². The summed E-state index contributed by atoms with van der Waals surface area (Å²) in [6.07, 6.45) is 4.10. The van der Waals surface area contributed by atoms with Crippen LogP contribution >= 0.6 is 11.6 Å². The highest BCUT2D eigenvalue weighted by atomic mass is 35.5. The number of nitrogens with zero attached hydrogens (tertiary/aromatic N) is 1. The van der Waals surface area contributed by atoms with E-state index in [4.69, 9.17) is 17.3 Å². The van der Waals surface area contributed by atoms with Gasteiger partial charge in [-0.1, -0.05) is 18.0 Å². The quantitative estimate of drug-likeness (QED) is 0.813. The lowest BCUT2D eigenvalue weighted by atomic mass is 9.85. The number of nitrogen functional groups attached to an aromatic ring is 1. The molecule has 2 rings (SSSR count). The molecule has 0 heterocycles. The van der Waals surface area contributed by atoms with Crippen LogP contribution in [0.3, 0.4) is 0 Å². The molecular weight excluding hydrogens is 220 g/mol. The van der Waals surface area contributed by atoms with Crippen molar-refractivity contribution in [3.63, 3.8) is 0 Å². The van der Waals surface area contributed by atoms with Gasteiger partial charge < -0.3 is 10.6 Å². The Kier molecular flexibility index (Phi) is 3.59. The molecule has 0 bridgehead atoms. The van der Waals surface area contributed by atoms with Crippen molar-refractivity contribution in [1.82, 2.24) is 0 Å². The molecule has 0 radical (unpaired) electrons. The first kappa shape index (κ1) is 11.6. The van der Waals surface area contributed by atoms with E-state index in [9.17, 15) is 0 Å². The third-order valence-electron chi connectivity index (χ3n) is 3.42. The van der Waals surface area contributed by atoms with Crippen LogP contribution in [0.2, 0.25) is 5.02 Å². The molecule has 0 spiro atoms. The first-order valence-electron chi connectivity index (χ1n) is 6.00. The number of halogens is 1. The number of anilines is 2. The van der Waals surface area contributed by atoms with E-state index in [0.717, 1.165) is 35.4 Å². The fourth-order valence-electron chi connectivity index (χ4n) is 2.18. The summed E-state index contributed by atoms with van der Waals surface area (Å²) < 4.78 is 0. The second-order valence-corrected chi connectivity index (χ2v) is 4.98. The van der Waals surface area contributed by atoms with Crippen LogP contribution < -0.4 is 10.6 Å². The fraction of sp³-hybridized carbons (Fsp3) is 0.538. The number of rotatable bonds is 4. The fourth-order valence-corrected chi connectivity index (χ4v) is 2.34. The summed E-state index contributed by atoms with van der Waals surface area (Å²) in [5.74, 6) is 0.846. The van der Waals surface area contributed by atoms with Gasteiger partial charge in [-0.2, -0.15) is 0 Å². The summed E-state index contributed by atoms with van der Waals surface area (Å²) in [7, 11) is 0. The lowest BCUT2D eigenvalue weighted by Gasteiger charge is -2.33. The maximum atomic E-state index is 6.02. The predicted molar refractivity (Wildman–Crippen MR) is 71.1 cm³/mol. The van der Waals surface area contributed by atoms with Crippen LogP contribution in [0, 0.1) is 5.92 Å². The number of hydrogen-bond acceptors (Lipinski definition) is 2. The highest BCUT2D eigenvalue weighted by molar-refractivity contribution is 6.31. The molecule has 0 saturated heterocycles. The molecule has 1 fully saturated rings. The highest BCUT2D eigenvalue weighted by Crippen LogP contribution is 2.32. The Balaban J connectivity index is 2.14. The van der Waals surface area contributed by atoms with Crippen LogP contribution in [0.1, 0.15) is 26.2 Å². The lowest BCUT2D eigenvalue weighted by molar-refractivity contribution is 0.318. The summed E-state index contributed by atoms with van der Waals surface area (Å²) in [6, 6.07) is 5.71. The number of hydrogen-bond donors (Lipinski definition) is 1. The molecule has 3 heteroatoms. The zero-order chi connectivity index (χ0) is 11.5. The largest absolute Gasteiger partial charge is 0.397 e. The zero-order valence-corrected chi connectivity index (χ0v) is 10.5. The number of benzene rings is 1. The Morgan fingerprint density at radius 1 is 1.44 bits per heavy atom. The molecule has 88 valence electrons. The Bertz CT molecular complexity index is 361. The van der Waals surface area contributed by atoms with E-state index in [1.165, 1.54) is 19.3 Å². The Labute approximate surface area is 102 Å². The van der Waals surface area contributed by atoms with Gasteiger partial charge in [0.2, 0.25) is 0 Å². The van der Waals surface area contributed by atoms with Crippen LogP contribution in [0.25, 0.3) is 0 Å². The average molecular weight is 239 g/mol. The molecule has 1 aliphatic carbocycles. The summed E-state index contributed by atoms with van der Waals surface area (Å²) in [5, 5.41) is 0.760. The number of nitrogens with two attached hydrogens (primary N) is 1. The Hall–Kier alpha value is -0.890. The molecule has 1 aromatic rings. The van der Waals surface area contributed by atoms with Gasteiger partial charge in [-0.3, -0.25) is 0 Å². The normalized spacial score (nSPS) is 15.9. The molecule has 1 aromatic carbocycles. The first-order valence-corrected chi connectivity index (χ1v) is 6.38. The van der Waals surface area contributed by atoms with Crippen molar-refractivity contribution >= 4 is 23.0 Å². The van der Waals surface area contributed by atoms with Crippen molar-refractivity contribution in [2.75, 3.05) is 23.7 Å². The van der Waals surface area contributed by atoms with E-state index < -0.39 is 0 Å². The van der Waals surface area contributed by atoms with E-state index in [0.29, 0.717) is 0 Å². The molecule has 2 N–H and O–H groups in total. The van der Waals surface area contributed by atoms with Crippen LogP contribution in [-0.4, -0.2) is 13.1 Å². The van der Waals surface area contributed by atoms with Gasteiger partial charge in [0.15, 0.2) is 0 Å². The molecule has 0 amide bonds. The van der Waals surface area contributed by atoms with Gasteiger partial charge in [-0.25, -0.2) is 0 Å². The molecule has 1 saturated carbocycles. The zero-order valence-electron chi connectivity index (χ0n) is 9.75. The molecule has 0 aromatic heterocycles. The van der Waals surface area contributed by atoms with Crippen molar-refractivity contribution in [3.8, 4) is 0 Å². The summed E-state index contributed by atoms with van der Waals surface area (Å²) in [5.41, 5.74) is 7.91. The van der Waals surface area contributed by atoms with Crippen molar-refractivity contribution in [2.45, 2.75) is 26.2 Å². The molecule has 0 aliphatic heterocycles. The molecule has 2 nitrogen and oxygen atoms in total. The average Bonchev–Trinajstić information content (AvgIpc) is 2.21. The Morgan fingerprint density at radius 2 is 2.19 bits per heavy atom. The SMILES string of the molecule is CCN(CC1CCC1)c1cc(Cl)ccc1N. The third-order valence-corrected chi connectivity index (χ3v) is 3.65. The van der Waals surface area contributed by atoms with Crippen molar-refractivity contribution in [2.24, 2.45) is 5.92 Å². The molecule has 16 heavy (non-hydrogen) atoms. The lowest BCUT2D eigenvalue weighted by Crippen LogP contribution is -2.32. The second-order valence-electron chi connectivity index (χ2n) is 4.54. The molecule has 0 atom stereocenters. The molecule has 1 aliphatic rings. The van der Waals surface area contributed by atoms with E-state index >= 15 is 0 Å². The minimum Gasteiger partial charge on any atom is -0.397 e. The smallest absolute Gasteiger partial charge is 0.0614 e. The summed E-state index contributed by atoms with van der Waals surface area (Å²) in [4.78, 5) is 2.34. The maximum Gasteiger partial charge on any atom is 0.0614 e.